The first kappa shape index (κ1) is 20.7. The average Bonchev–Trinajstić information content (AvgIpc) is 3.46. The molecule has 0 unspecified atom stereocenters. The van der Waals surface area contributed by atoms with Gasteiger partial charge in [-0.05, 0) is 25.1 Å². The van der Waals surface area contributed by atoms with E-state index in [1.165, 1.54) is 0 Å². The van der Waals surface area contributed by atoms with E-state index >= 15 is 0 Å². The van der Waals surface area contributed by atoms with Crippen LogP contribution in [0.4, 0.5) is 0 Å². The van der Waals surface area contributed by atoms with Crippen molar-refractivity contribution in [2.24, 2.45) is 0 Å². The average molecular weight is 435 g/mol. The topological polar surface area (TPSA) is 93.9 Å². The van der Waals surface area contributed by atoms with Crippen LogP contribution in [-0.4, -0.2) is 60.0 Å². The molecule has 2 aromatic carbocycles. The van der Waals surface area contributed by atoms with Crippen LogP contribution in [0, 0.1) is 0 Å². The summed E-state index contributed by atoms with van der Waals surface area (Å²) in [6, 6.07) is 14.2. The minimum atomic E-state index is -0.645. The molecular formula is C24H25N3O5. The monoisotopic (exact) mass is 435 g/mol. The second kappa shape index (κ2) is 8.37. The number of rotatable bonds is 4. The Morgan fingerprint density at radius 3 is 2.50 bits per heavy atom. The van der Waals surface area contributed by atoms with E-state index in [0.717, 1.165) is 10.9 Å². The maximum Gasteiger partial charge on any atom is 0.251 e. The highest BCUT2D eigenvalue weighted by Crippen LogP contribution is 2.32. The molecule has 0 aliphatic carbocycles. The molecule has 3 aromatic rings. The Morgan fingerprint density at radius 2 is 1.78 bits per heavy atom. The third-order valence-electron chi connectivity index (χ3n) is 6.14. The highest BCUT2D eigenvalue weighted by atomic mass is 16.7. The van der Waals surface area contributed by atoms with Crippen LogP contribution >= 0.6 is 0 Å². The van der Waals surface area contributed by atoms with Crippen LogP contribution in [0.25, 0.3) is 22.2 Å². The van der Waals surface area contributed by atoms with Crippen LogP contribution in [0.5, 0.6) is 0 Å². The Bertz CT molecular complexity index is 1130. The van der Waals surface area contributed by atoms with Crippen LogP contribution in [0.2, 0.25) is 0 Å². The van der Waals surface area contributed by atoms with Crippen LogP contribution in [-0.2, 0) is 14.3 Å². The Hall–Kier alpha value is -3.23. The lowest BCUT2D eigenvalue weighted by Gasteiger charge is -2.38. The van der Waals surface area contributed by atoms with Crippen molar-refractivity contribution in [1.29, 1.82) is 0 Å². The first-order valence-electron chi connectivity index (χ1n) is 10.9. The highest BCUT2D eigenvalue weighted by molar-refractivity contribution is 6.02. The molecule has 32 heavy (non-hydrogen) atoms. The number of amides is 2. The van der Waals surface area contributed by atoms with Gasteiger partial charge in [-0.1, -0.05) is 35.5 Å². The van der Waals surface area contributed by atoms with Gasteiger partial charge in [0, 0.05) is 37.1 Å². The smallest absolute Gasteiger partial charge is 0.251 e. The summed E-state index contributed by atoms with van der Waals surface area (Å²) in [4.78, 5) is 27.5. The third-order valence-corrected chi connectivity index (χ3v) is 6.14. The molecule has 5 rings (SSSR count). The summed E-state index contributed by atoms with van der Waals surface area (Å²) in [7, 11) is 0. The molecule has 0 saturated carbocycles. The Kier molecular flexibility index (Phi) is 5.40. The van der Waals surface area contributed by atoms with Crippen LogP contribution < -0.4 is 5.32 Å². The third kappa shape index (κ3) is 3.87. The Labute approximate surface area is 185 Å². The van der Waals surface area contributed by atoms with Gasteiger partial charge in [0.25, 0.3) is 5.91 Å². The van der Waals surface area contributed by atoms with Crippen molar-refractivity contribution >= 4 is 22.7 Å². The van der Waals surface area contributed by atoms with Crippen LogP contribution in [0.15, 0.2) is 53.1 Å². The predicted octanol–water partition coefficient (Wildman–Crippen LogP) is 2.98. The molecule has 1 atom stereocenters. The van der Waals surface area contributed by atoms with Crippen LogP contribution in [0.1, 0.15) is 30.1 Å². The number of benzene rings is 2. The summed E-state index contributed by atoms with van der Waals surface area (Å²) in [6.45, 7) is 4.00. The lowest BCUT2D eigenvalue weighted by molar-refractivity contribution is -0.187. The maximum absolute atomic E-state index is 12.9. The van der Waals surface area contributed by atoms with Gasteiger partial charge in [0.15, 0.2) is 11.5 Å². The first-order chi connectivity index (χ1) is 15.5. The van der Waals surface area contributed by atoms with Gasteiger partial charge in [0.1, 0.15) is 11.6 Å². The van der Waals surface area contributed by atoms with Crippen LogP contribution in [0.3, 0.4) is 0 Å². The van der Waals surface area contributed by atoms with E-state index in [4.69, 9.17) is 14.0 Å². The van der Waals surface area contributed by atoms with Gasteiger partial charge < -0.3 is 24.2 Å². The molecule has 2 saturated heterocycles. The maximum atomic E-state index is 12.9. The molecule has 2 aliphatic heterocycles. The van der Waals surface area contributed by atoms with Crippen molar-refractivity contribution in [1.82, 2.24) is 15.4 Å². The number of aromatic nitrogens is 1. The number of nitrogens with zero attached hydrogens (tertiary/aromatic N) is 2. The number of carbonyl (C=O) groups is 2. The van der Waals surface area contributed by atoms with E-state index in [-0.39, 0.29) is 11.8 Å². The molecule has 1 spiro atoms. The largest absolute Gasteiger partial charge is 0.355 e. The van der Waals surface area contributed by atoms with Crippen molar-refractivity contribution in [3.05, 3.63) is 54.1 Å². The fraction of sp³-hybridized carbons (Fsp3) is 0.375. The van der Waals surface area contributed by atoms with E-state index in [1.54, 1.807) is 30.0 Å². The number of likely N-dealkylation sites (tertiary alicyclic amines) is 1. The van der Waals surface area contributed by atoms with Crippen molar-refractivity contribution in [2.75, 3.05) is 26.3 Å². The summed E-state index contributed by atoms with van der Waals surface area (Å²) in [5, 5.41) is 7.67. The van der Waals surface area contributed by atoms with Gasteiger partial charge >= 0.3 is 0 Å². The van der Waals surface area contributed by atoms with Gasteiger partial charge in [-0.25, -0.2) is 0 Å². The molecular weight excluding hydrogens is 410 g/mol. The Morgan fingerprint density at radius 1 is 1.06 bits per heavy atom. The lowest BCUT2D eigenvalue weighted by Crippen LogP contribution is -2.52. The molecule has 8 heteroatoms. The minimum Gasteiger partial charge on any atom is -0.355 e. The zero-order valence-corrected chi connectivity index (χ0v) is 17.9. The number of hydrogen-bond donors (Lipinski definition) is 1. The molecule has 2 amide bonds. The fourth-order valence-electron chi connectivity index (χ4n) is 4.35. The van der Waals surface area contributed by atoms with E-state index in [2.05, 4.69) is 10.5 Å². The zero-order chi connectivity index (χ0) is 22.1. The summed E-state index contributed by atoms with van der Waals surface area (Å²) in [6.07, 6.45) is 1.29. The molecule has 0 bridgehead atoms. The summed E-state index contributed by atoms with van der Waals surface area (Å²) in [5.74, 6) is -0.350. The van der Waals surface area contributed by atoms with Gasteiger partial charge in [0.2, 0.25) is 5.91 Å². The SMILES string of the molecule is C[C@@H](NC(=O)c1ccc2noc(-c3ccccc3)c2c1)C(=O)N1CCC2(CC1)OCCO2. The van der Waals surface area contributed by atoms with Gasteiger partial charge in [0.05, 0.1) is 18.6 Å². The standard InChI is InChI=1S/C24H25N3O5/c1-16(23(29)27-11-9-24(10-12-27)30-13-14-31-24)25-22(28)18-7-8-20-19(15-18)21(32-26-20)17-5-3-2-4-6-17/h2-8,15-16H,9-14H2,1H3,(H,25,28)/t16-/m1/s1. The number of fused-ring (bicyclic) bond motifs is 1. The van der Waals surface area contributed by atoms with Gasteiger partial charge in [-0.3, -0.25) is 9.59 Å². The molecule has 8 nitrogen and oxygen atoms in total. The van der Waals surface area contributed by atoms with E-state index in [1.807, 2.05) is 30.3 Å². The summed E-state index contributed by atoms with van der Waals surface area (Å²) in [5.41, 5.74) is 2.00. The molecule has 3 heterocycles. The molecule has 2 fully saturated rings. The van der Waals surface area contributed by atoms with E-state index < -0.39 is 11.8 Å². The normalized spacial score (nSPS) is 18.7. The molecule has 2 aliphatic rings. The summed E-state index contributed by atoms with van der Waals surface area (Å²) < 4.78 is 17.0. The number of carbonyl (C=O) groups excluding carboxylic acids is 2. The fourth-order valence-corrected chi connectivity index (χ4v) is 4.35. The minimum absolute atomic E-state index is 0.109. The van der Waals surface area contributed by atoms with Gasteiger partial charge in [-0.15, -0.1) is 0 Å². The van der Waals surface area contributed by atoms with E-state index in [0.29, 0.717) is 56.0 Å². The van der Waals surface area contributed by atoms with Gasteiger partial charge in [-0.2, -0.15) is 0 Å². The predicted molar refractivity (Wildman–Crippen MR) is 117 cm³/mol. The first-order valence-corrected chi connectivity index (χ1v) is 10.9. The second-order valence-electron chi connectivity index (χ2n) is 8.24. The number of nitrogens with one attached hydrogen (secondary N) is 1. The molecule has 0 radical (unpaired) electrons. The zero-order valence-electron chi connectivity index (χ0n) is 17.9. The van der Waals surface area contributed by atoms with Crippen molar-refractivity contribution in [3.8, 4) is 11.3 Å². The van der Waals surface area contributed by atoms with Crippen molar-refractivity contribution in [3.63, 3.8) is 0 Å². The number of piperidine rings is 1. The van der Waals surface area contributed by atoms with Crippen molar-refractivity contribution < 1.29 is 23.6 Å². The molecule has 166 valence electrons. The summed E-state index contributed by atoms with van der Waals surface area (Å²) >= 11 is 0. The molecule has 1 N–H and O–H groups in total. The number of hydrogen-bond acceptors (Lipinski definition) is 6. The molecule has 1 aromatic heterocycles. The quantitative estimate of drug-likeness (QED) is 0.677. The lowest BCUT2D eigenvalue weighted by atomic mass is 10.0. The van der Waals surface area contributed by atoms with E-state index in [9.17, 15) is 9.59 Å². The van der Waals surface area contributed by atoms with Crippen molar-refractivity contribution in [2.45, 2.75) is 31.6 Å². The highest BCUT2D eigenvalue weighted by Gasteiger charge is 2.41. The number of ether oxygens (including phenoxy) is 2. The second-order valence-corrected chi connectivity index (χ2v) is 8.24. The Balaban J connectivity index is 1.27.